The minimum absolute atomic E-state index is 0.0223. The molecule has 0 bridgehead atoms. The number of carbonyl (C=O) groups excluding carboxylic acids is 1. The molecule has 0 radical (unpaired) electrons. The van der Waals surface area contributed by atoms with E-state index in [2.05, 4.69) is 50.3 Å². The second-order valence-electron chi connectivity index (χ2n) is 16.5. The highest BCUT2D eigenvalue weighted by Gasteiger charge is 2.36. The van der Waals surface area contributed by atoms with E-state index in [9.17, 15) is 14.3 Å². The van der Waals surface area contributed by atoms with E-state index in [1.54, 1.807) is 6.26 Å². The Kier molecular flexibility index (Phi) is 32.9. The number of phosphoric acid groups is 1. The maximum Gasteiger partial charge on any atom is 0.472 e. The molecular formula is C46H85NO8P+. The van der Waals surface area contributed by atoms with Gasteiger partial charge >= 0.3 is 13.8 Å². The van der Waals surface area contributed by atoms with Crippen molar-refractivity contribution in [1.82, 2.24) is 0 Å². The quantitative estimate of drug-likeness (QED) is 0.0124. The van der Waals surface area contributed by atoms with Crippen LogP contribution in [0.4, 0.5) is 0 Å². The molecule has 0 aromatic carbocycles. The third-order valence-corrected chi connectivity index (χ3v) is 10.8. The highest BCUT2D eigenvalue weighted by Crippen LogP contribution is 2.43. The highest BCUT2D eigenvalue weighted by atomic mass is 31.2. The van der Waals surface area contributed by atoms with Crippen LogP contribution in [0.2, 0.25) is 0 Å². The normalized spacial score (nSPS) is 17.8. The van der Waals surface area contributed by atoms with Gasteiger partial charge in [0, 0.05) is 6.42 Å². The summed E-state index contributed by atoms with van der Waals surface area (Å²) in [4.78, 5) is 22.9. The first-order valence-electron chi connectivity index (χ1n) is 22.5. The summed E-state index contributed by atoms with van der Waals surface area (Å²) in [6.07, 6.45) is 45.6. The number of likely N-dealkylation sites (N-methyl/N-ethyl adjacent to an activating group) is 1. The first-order valence-corrected chi connectivity index (χ1v) is 24.0. The molecule has 0 spiro atoms. The predicted octanol–water partition coefficient (Wildman–Crippen LogP) is 12.5. The van der Waals surface area contributed by atoms with Gasteiger partial charge in [-0.3, -0.25) is 13.8 Å². The zero-order chi connectivity index (χ0) is 41.0. The van der Waals surface area contributed by atoms with E-state index in [-0.39, 0.29) is 26.2 Å². The first kappa shape index (κ1) is 52.3. The number of esters is 1. The smallest absolute Gasteiger partial charge is 0.472 e. The Morgan fingerprint density at radius 1 is 0.661 bits per heavy atom. The third-order valence-electron chi connectivity index (χ3n) is 9.86. The maximum absolute atomic E-state index is 12.7. The molecule has 1 fully saturated rings. The number of rotatable bonds is 40. The number of phosphoric ester groups is 1. The number of unbranched alkanes of at least 4 members (excludes halogenated alkanes) is 18. The molecule has 4 atom stereocenters. The van der Waals surface area contributed by atoms with E-state index >= 15 is 0 Å². The van der Waals surface area contributed by atoms with E-state index in [4.69, 9.17) is 23.3 Å². The van der Waals surface area contributed by atoms with Crippen molar-refractivity contribution in [2.45, 2.75) is 193 Å². The van der Waals surface area contributed by atoms with Crippen LogP contribution in [0.3, 0.4) is 0 Å². The van der Waals surface area contributed by atoms with Crippen LogP contribution in [-0.2, 0) is 32.6 Å². The van der Waals surface area contributed by atoms with Crippen LogP contribution in [0.1, 0.15) is 174 Å². The lowest BCUT2D eigenvalue weighted by atomic mass is 10.0. The van der Waals surface area contributed by atoms with Gasteiger partial charge in [0.15, 0.2) is 6.10 Å². The van der Waals surface area contributed by atoms with Gasteiger partial charge < -0.3 is 23.6 Å². The SMILES string of the molecule is CCCCC/C=C\CC1OC1C/C=C\C/C=C\CCCC(=O)O[C@H](CO/C=C/CCCCCCCCCCCCCCCC)COP(=O)(O)OCC[N+](C)(C)C. The van der Waals surface area contributed by atoms with Gasteiger partial charge in [-0.25, -0.2) is 4.57 Å². The van der Waals surface area contributed by atoms with E-state index in [0.29, 0.717) is 29.7 Å². The van der Waals surface area contributed by atoms with Crippen molar-refractivity contribution in [3.05, 3.63) is 48.8 Å². The van der Waals surface area contributed by atoms with Crippen molar-refractivity contribution in [1.29, 1.82) is 0 Å². The average molecular weight is 811 g/mol. The Labute approximate surface area is 343 Å². The maximum atomic E-state index is 12.7. The Balaban J connectivity index is 2.28. The molecule has 1 rings (SSSR count). The summed E-state index contributed by atoms with van der Waals surface area (Å²) in [5.41, 5.74) is 0. The summed E-state index contributed by atoms with van der Waals surface area (Å²) in [6.45, 7) is 4.83. The topological polar surface area (TPSA) is 104 Å². The zero-order valence-electron chi connectivity index (χ0n) is 36.6. The zero-order valence-corrected chi connectivity index (χ0v) is 37.5. The Morgan fingerprint density at radius 3 is 1.79 bits per heavy atom. The number of hydrogen-bond donors (Lipinski definition) is 1. The molecule has 1 aliphatic rings. The lowest BCUT2D eigenvalue weighted by molar-refractivity contribution is -0.870. The number of ether oxygens (including phenoxy) is 3. The van der Waals surface area contributed by atoms with E-state index in [1.807, 2.05) is 27.2 Å². The average Bonchev–Trinajstić information content (AvgIpc) is 3.91. The summed E-state index contributed by atoms with van der Waals surface area (Å²) in [6, 6.07) is 0. The number of nitrogens with zero attached hydrogens (tertiary/aromatic N) is 1. The van der Waals surface area contributed by atoms with E-state index < -0.39 is 19.9 Å². The van der Waals surface area contributed by atoms with Gasteiger partial charge in [0.2, 0.25) is 0 Å². The molecular weight excluding hydrogens is 725 g/mol. The van der Waals surface area contributed by atoms with Crippen LogP contribution in [-0.4, -0.2) is 81.2 Å². The number of carbonyl (C=O) groups is 1. The number of epoxide rings is 1. The standard InChI is InChI=1S/C46H84NO8P/c1-6-8-10-12-14-15-16-17-18-19-20-21-22-26-30-34-39-51-41-43(42-53-56(49,50)52-40-38-47(3,4)5)54-46(48)37-33-29-25-23-24-28-32-36-45-44(55-45)35-31-27-13-11-9-7-2/h23,25,27-28,31-32,34,39,43-45H,6-22,24,26,29-30,33,35-38,40-42H2,1-5H3/p+1/b25-23-,31-27-,32-28-,39-34+/t43-,44?,45?/m1/s1. The minimum atomic E-state index is -4.31. The van der Waals surface area contributed by atoms with Gasteiger partial charge in [0.1, 0.15) is 19.8 Å². The van der Waals surface area contributed by atoms with Gasteiger partial charge in [-0.1, -0.05) is 147 Å². The van der Waals surface area contributed by atoms with Crippen LogP contribution in [0, 0.1) is 0 Å². The first-order chi connectivity index (χ1) is 27.1. The summed E-state index contributed by atoms with van der Waals surface area (Å²) in [7, 11) is 1.59. The number of allylic oxidation sites excluding steroid dienone is 5. The molecule has 0 saturated carbocycles. The number of quaternary nitrogens is 1. The highest BCUT2D eigenvalue weighted by molar-refractivity contribution is 7.47. The lowest BCUT2D eigenvalue weighted by Crippen LogP contribution is -2.37. The van der Waals surface area contributed by atoms with Gasteiger partial charge in [0.25, 0.3) is 0 Å². The van der Waals surface area contributed by atoms with Crippen molar-refractivity contribution >= 4 is 13.8 Å². The second-order valence-corrected chi connectivity index (χ2v) is 18.0. The minimum Gasteiger partial charge on any atom is -0.498 e. The number of hydrogen-bond acceptors (Lipinski definition) is 7. The molecule has 3 unspecified atom stereocenters. The van der Waals surface area contributed by atoms with Crippen LogP contribution >= 0.6 is 7.82 Å². The second kappa shape index (κ2) is 35.2. The van der Waals surface area contributed by atoms with Crippen molar-refractivity contribution in [2.75, 3.05) is 47.5 Å². The summed E-state index contributed by atoms with van der Waals surface area (Å²) in [5.74, 6) is -0.393. The molecule has 0 amide bonds. The summed E-state index contributed by atoms with van der Waals surface area (Å²) in [5, 5.41) is 0. The molecule has 0 aromatic heterocycles. The van der Waals surface area contributed by atoms with Gasteiger partial charge in [-0.2, -0.15) is 0 Å². The largest absolute Gasteiger partial charge is 0.498 e. The van der Waals surface area contributed by atoms with Crippen LogP contribution in [0.15, 0.2) is 48.8 Å². The molecule has 9 nitrogen and oxygen atoms in total. The fourth-order valence-electron chi connectivity index (χ4n) is 6.20. The fraction of sp³-hybridized carbons (Fsp3) is 0.804. The van der Waals surface area contributed by atoms with Crippen LogP contribution in [0.5, 0.6) is 0 Å². The predicted molar refractivity (Wildman–Crippen MR) is 232 cm³/mol. The van der Waals surface area contributed by atoms with Crippen molar-refractivity contribution in [2.24, 2.45) is 0 Å². The summed E-state index contributed by atoms with van der Waals surface area (Å²) >= 11 is 0. The molecule has 56 heavy (non-hydrogen) atoms. The molecule has 1 N–H and O–H groups in total. The van der Waals surface area contributed by atoms with Crippen molar-refractivity contribution in [3.63, 3.8) is 0 Å². The Morgan fingerprint density at radius 2 is 1.16 bits per heavy atom. The van der Waals surface area contributed by atoms with Crippen molar-refractivity contribution < 1.29 is 42.0 Å². The lowest BCUT2D eigenvalue weighted by Gasteiger charge is -2.24. The molecule has 1 saturated heterocycles. The molecule has 10 heteroatoms. The van der Waals surface area contributed by atoms with Crippen LogP contribution in [0.25, 0.3) is 0 Å². The molecule has 0 aliphatic carbocycles. The molecule has 1 heterocycles. The van der Waals surface area contributed by atoms with E-state index in [1.165, 1.54) is 109 Å². The Hall–Kier alpha value is -1.74. The molecule has 1 aliphatic heterocycles. The Bertz CT molecular complexity index is 1100. The molecule has 326 valence electrons. The van der Waals surface area contributed by atoms with Crippen molar-refractivity contribution in [3.8, 4) is 0 Å². The van der Waals surface area contributed by atoms with Crippen LogP contribution < -0.4 is 0 Å². The van der Waals surface area contributed by atoms with E-state index in [0.717, 1.165) is 38.5 Å². The van der Waals surface area contributed by atoms with Gasteiger partial charge in [0.05, 0.1) is 46.2 Å². The van der Waals surface area contributed by atoms with Gasteiger partial charge in [-0.15, -0.1) is 0 Å². The monoisotopic (exact) mass is 811 g/mol. The summed E-state index contributed by atoms with van der Waals surface area (Å²) < 4.78 is 40.5. The fourth-order valence-corrected chi connectivity index (χ4v) is 6.94. The molecule has 0 aromatic rings. The third kappa shape index (κ3) is 35.4. The van der Waals surface area contributed by atoms with Gasteiger partial charge in [-0.05, 0) is 63.9 Å².